The minimum atomic E-state index is -1.34. The fourth-order valence-corrected chi connectivity index (χ4v) is 6.02. The number of aliphatic carboxylic acids is 2. The number of carboxylic acids is 2. The van der Waals surface area contributed by atoms with Crippen molar-refractivity contribution in [1.82, 2.24) is 15.1 Å². The number of hydrogen-bond donors (Lipinski definition) is 4. The molecule has 0 saturated carbocycles. The molecular formula is C30H35F3N4O6. The third-order valence-corrected chi connectivity index (χ3v) is 8.07. The van der Waals surface area contributed by atoms with Gasteiger partial charge in [-0.15, -0.1) is 0 Å². The van der Waals surface area contributed by atoms with Gasteiger partial charge in [-0.25, -0.2) is 18.0 Å². The van der Waals surface area contributed by atoms with Crippen LogP contribution in [0.15, 0.2) is 42.5 Å². The Morgan fingerprint density at radius 2 is 1.70 bits per heavy atom. The van der Waals surface area contributed by atoms with E-state index in [0.29, 0.717) is 37.9 Å². The lowest BCUT2D eigenvalue weighted by Crippen LogP contribution is -2.54. The fourth-order valence-electron chi connectivity index (χ4n) is 6.02. The van der Waals surface area contributed by atoms with E-state index in [2.05, 4.69) is 5.32 Å². The summed E-state index contributed by atoms with van der Waals surface area (Å²) in [6.07, 6.45) is 1.11. The number of amides is 2. The van der Waals surface area contributed by atoms with E-state index in [1.165, 1.54) is 4.90 Å². The molecule has 0 aliphatic carbocycles. The normalized spacial score (nSPS) is 21.9. The molecule has 2 aromatic carbocycles. The number of aryl methyl sites for hydroxylation is 1. The van der Waals surface area contributed by atoms with Gasteiger partial charge >= 0.3 is 11.9 Å². The van der Waals surface area contributed by atoms with Gasteiger partial charge in [0.2, 0.25) is 11.8 Å². The molecule has 2 amide bonds. The molecule has 43 heavy (non-hydrogen) atoms. The Morgan fingerprint density at radius 1 is 1.00 bits per heavy atom. The predicted octanol–water partition coefficient (Wildman–Crippen LogP) is 2.08. The largest absolute Gasteiger partial charge is 0.480 e. The maximum absolute atomic E-state index is 14.0. The van der Waals surface area contributed by atoms with E-state index in [0.717, 1.165) is 5.56 Å². The van der Waals surface area contributed by atoms with Crippen LogP contribution in [0.2, 0.25) is 0 Å². The van der Waals surface area contributed by atoms with Crippen molar-refractivity contribution >= 4 is 23.8 Å². The Labute approximate surface area is 246 Å². The average Bonchev–Trinajstić information content (AvgIpc) is 3.60. The van der Waals surface area contributed by atoms with Gasteiger partial charge in [0.25, 0.3) is 0 Å². The van der Waals surface area contributed by atoms with Gasteiger partial charge in [-0.05, 0) is 55.8 Å². The molecule has 2 heterocycles. The van der Waals surface area contributed by atoms with Gasteiger partial charge in [-0.3, -0.25) is 19.3 Å². The molecule has 0 unspecified atom stereocenters. The first-order valence-electron chi connectivity index (χ1n) is 14.2. The van der Waals surface area contributed by atoms with Crippen molar-refractivity contribution in [3.63, 3.8) is 0 Å². The molecule has 13 heteroatoms. The molecule has 5 atom stereocenters. The number of carboxylic acid groups (broad SMARTS) is 2. The summed E-state index contributed by atoms with van der Waals surface area (Å²) in [7, 11) is 0. The molecular weight excluding hydrogens is 569 g/mol. The lowest BCUT2D eigenvalue weighted by atomic mass is 10.0. The van der Waals surface area contributed by atoms with Gasteiger partial charge in [0.1, 0.15) is 17.9 Å². The molecule has 2 aromatic rings. The van der Waals surface area contributed by atoms with E-state index in [-0.39, 0.29) is 37.8 Å². The summed E-state index contributed by atoms with van der Waals surface area (Å²) in [5, 5.41) is 22.5. The Kier molecular flexibility index (Phi) is 10.4. The molecule has 0 aromatic heterocycles. The monoisotopic (exact) mass is 604 g/mol. The number of carbonyl (C=O) groups is 4. The molecule has 4 rings (SSSR count). The molecule has 2 aliphatic rings. The highest BCUT2D eigenvalue weighted by molar-refractivity contribution is 5.89. The lowest BCUT2D eigenvalue weighted by Gasteiger charge is -2.33. The Hall–Kier alpha value is -3.97. The van der Waals surface area contributed by atoms with Crippen molar-refractivity contribution in [3.05, 3.63) is 71.0 Å². The number of nitrogens with one attached hydrogen (secondary N) is 1. The summed E-state index contributed by atoms with van der Waals surface area (Å²) in [6, 6.07) is 5.85. The molecule has 2 saturated heterocycles. The predicted molar refractivity (Wildman–Crippen MR) is 148 cm³/mol. The van der Waals surface area contributed by atoms with Crippen LogP contribution in [-0.4, -0.2) is 87.1 Å². The zero-order valence-electron chi connectivity index (χ0n) is 23.4. The highest BCUT2D eigenvalue weighted by atomic mass is 19.2. The van der Waals surface area contributed by atoms with Crippen LogP contribution in [-0.2, 0) is 32.0 Å². The first-order valence-corrected chi connectivity index (χ1v) is 14.2. The lowest BCUT2D eigenvalue weighted by molar-refractivity contribution is -0.152. The first-order chi connectivity index (χ1) is 20.4. The van der Waals surface area contributed by atoms with Crippen molar-refractivity contribution in [1.29, 1.82) is 0 Å². The summed E-state index contributed by atoms with van der Waals surface area (Å²) in [5.74, 6) is -6.96. The summed E-state index contributed by atoms with van der Waals surface area (Å²) < 4.78 is 40.7. The molecule has 10 nitrogen and oxygen atoms in total. The maximum Gasteiger partial charge on any atom is 0.326 e. The molecule has 5 N–H and O–H groups in total. The van der Waals surface area contributed by atoms with Crippen molar-refractivity contribution in [2.75, 3.05) is 13.1 Å². The van der Waals surface area contributed by atoms with E-state index in [1.54, 1.807) is 4.90 Å². The fraction of sp³-hybridized carbons (Fsp3) is 0.467. The molecule has 232 valence electrons. The van der Waals surface area contributed by atoms with Gasteiger partial charge in [0, 0.05) is 37.5 Å². The highest BCUT2D eigenvalue weighted by Gasteiger charge is 2.46. The quantitative estimate of drug-likeness (QED) is 0.269. The second-order valence-electron chi connectivity index (χ2n) is 11.1. The van der Waals surface area contributed by atoms with Gasteiger partial charge in [0.05, 0.1) is 6.04 Å². The number of rotatable bonds is 12. The summed E-state index contributed by atoms with van der Waals surface area (Å²) in [5.41, 5.74) is 6.73. The number of carbonyl (C=O) groups excluding carboxylic acids is 2. The molecule has 2 fully saturated rings. The number of hydrogen-bond acceptors (Lipinski definition) is 6. The molecule has 2 aliphatic heterocycles. The Morgan fingerprint density at radius 3 is 2.37 bits per heavy atom. The minimum absolute atomic E-state index is 0.0665. The van der Waals surface area contributed by atoms with Crippen LogP contribution in [0.25, 0.3) is 0 Å². The highest BCUT2D eigenvalue weighted by Crippen LogP contribution is 2.28. The number of benzene rings is 2. The third-order valence-electron chi connectivity index (χ3n) is 8.07. The molecule has 0 spiro atoms. The number of likely N-dealkylation sites (tertiary alicyclic amines) is 2. The number of nitrogens with zero attached hydrogens (tertiary/aromatic N) is 2. The van der Waals surface area contributed by atoms with Gasteiger partial charge in [0.15, 0.2) is 11.6 Å². The summed E-state index contributed by atoms with van der Waals surface area (Å²) in [6.45, 7) is 0.283. The number of nitrogens with two attached hydrogens (primary N) is 1. The molecule has 0 bridgehead atoms. The van der Waals surface area contributed by atoms with Crippen LogP contribution in [0, 0.1) is 17.5 Å². The maximum atomic E-state index is 14.0. The summed E-state index contributed by atoms with van der Waals surface area (Å²) >= 11 is 0. The van der Waals surface area contributed by atoms with Gasteiger partial charge < -0.3 is 26.2 Å². The van der Waals surface area contributed by atoms with E-state index >= 15 is 0 Å². The van der Waals surface area contributed by atoms with Crippen molar-refractivity contribution in [3.8, 4) is 0 Å². The van der Waals surface area contributed by atoms with Gasteiger partial charge in [-0.2, -0.15) is 0 Å². The van der Waals surface area contributed by atoms with Crippen LogP contribution >= 0.6 is 0 Å². The van der Waals surface area contributed by atoms with E-state index in [9.17, 15) is 42.6 Å². The topological polar surface area (TPSA) is 153 Å². The summed E-state index contributed by atoms with van der Waals surface area (Å²) in [4.78, 5) is 53.5. The Balaban J connectivity index is 1.37. The SMILES string of the molecule is N[C@@H](CC(=O)N[C@H]1C[C@@H](C(=O)O)N(C(=O)[C@H]2CCCN2[C@@H](CCc2ccccc2)C(=O)O)C1)Cc1cc(F)c(F)cc1F. The first kappa shape index (κ1) is 32.0. The van der Waals surface area contributed by atoms with Crippen LogP contribution in [0.4, 0.5) is 13.2 Å². The van der Waals surface area contributed by atoms with E-state index < -0.39 is 71.4 Å². The van der Waals surface area contributed by atoms with Crippen LogP contribution < -0.4 is 11.1 Å². The average molecular weight is 605 g/mol. The van der Waals surface area contributed by atoms with E-state index in [1.807, 2.05) is 30.3 Å². The number of halogens is 3. The second-order valence-corrected chi connectivity index (χ2v) is 11.1. The van der Waals surface area contributed by atoms with Crippen LogP contribution in [0.5, 0.6) is 0 Å². The van der Waals surface area contributed by atoms with E-state index in [4.69, 9.17) is 5.73 Å². The zero-order valence-corrected chi connectivity index (χ0v) is 23.4. The third kappa shape index (κ3) is 7.90. The molecule has 0 radical (unpaired) electrons. The van der Waals surface area contributed by atoms with Crippen LogP contribution in [0.3, 0.4) is 0 Å². The van der Waals surface area contributed by atoms with Crippen LogP contribution in [0.1, 0.15) is 43.2 Å². The minimum Gasteiger partial charge on any atom is -0.480 e. The van der Waals surface area contributed by atoms with Crippen molar-refractivity contribution in [2.24, 2.45) is 5.73 Å². The zero-order chi connectivity index (χ0) is 31.3. The standard InChI is InChI=1S/C30H35F3N4O6/c31-21-15-23(33)22(32)12-18(21)11-19(34)13-27(38)35-20-14-26(30(42)43)37(16-20)28(39)24-7-4-10-36(24)25(29(40)41)9-8-17-5-2-1-3-6-17/h1-3,5-6,12,15,19-20,24-26H,4,7-11,13-14,16,34H2,(H,35,38)(H,40,41)(H,42,43)/t19-,20+,24-,25+,26+/m1/s1. The smallest absolute Gasteiger partial charge is 0.326 e. The second kappa shape index (κ2) is 14.0. The van der Waals surface area contributed by atoms with Gasteiger partial charge in [-0.1, -0.05) is 30.3 Å². The Bertz CT molecular complexity index is 1350. The van der Waals surface area contributed by atoms with Crippen molar-refractivity contribution in [2.45, 2.75) is 75.2 Å². The van der Waals surface area contributed by atoms with Crippen molar-refractivity contribution < 1.29 is 42.6 Å².